The van der Waals surface area contributed by atoms with Crippen LogP contribution in [0.1, 0.15) is 18.2 Å². The fourth-order valence-electron chi connectivity index (χ4n) is 2.08. The molecule has 5 heteroatoms. The number of hydrogen-bond acceptors (Lipinski definition) is 4. The summed E-state index contributed by atoms with van der Waals surface area (Å²) in [6.07, 6.45) is 4.04. The lowest BCUT2D eigenvalue weighted by molar-refractivity contribution is -0.121. The molecule has 1 aliphatic heterocycles. The molecule has 3 heterocycles. The van der Waals surface area contributed by atoms with Gasteiger partial charge in [-0.3, -0.25) is 4.79 Å². The van der Waals surface area contributed by atoms with E-state index >= 15 is 0 Å². The second-order valence-corrected chi connectivity index (χ2v) is 3.95. The summed E-state index contributed by atoms with van der Waals surface area (Å²) >= 11 is 0. The van der Waals surface area contributed by atoms with Gasteiger partial charge in [0.2, 0.25) is 0 Å². The lowest BCUT2D eigenvalue weighted by Crippen LogP contribution is -2.36. The van der Waals surface area contributed by atoms with E-state index in [9.17, 15) is 4.79 Å². The maximum absolute atomic E-state index is 11.8. The third-order valence-electron chi connectivity index (χ3n) is 2.92. The zero-order valence-corrected chi connectivity index (χ0v) is 8.76. The van der Waals surface area contributed by atoms with Gasteiger partial charge in [-0.25, -0.2) is 9.50 Å². The first-order chi connectivity index (χ1) is 7.86. The lowest BCUT2D eigenvalue weighted by atomic mass is 9.97. The Morgan fingerprint density at radius 1 is 1.50 bits per heavy atom. The molecule has 0 aromatic carbocycles. The van der Waals surface area contributed by atoms with Gasteiger partial charge in [0.15, 0.2) is 0 Å². The number of nitrogens with one attached hydrogen (secondary N) is 1. The maximum atomic E-state index is 11.8. The maximum Gasteiger partial charge on any atom is 0.146 e. The van der Waals surface area contributed by atoms with Gasteiger partial charge in [-0.2, -0.15) is 5.10 Å². The Kier molecular flexibility index (Phi) is 2.18. The number of carbonyl (C=O) groups excluding carboxylic acids is 1. The summed E-state index contributed by atoms with van der Waals surface area (Å²) in [6.45, 7) is 1.43. The molecule has 0 bridgehead atoms. The number of Topliss-reactive ketones (excluding diaryl/α,β-unsaturated/α-hetero) is 1. The molecule has 2 aromatic rings. The van der Waals surface area contributed by atoms with Gasteiger partial charge in [-0.05, 0) is 12.1 Å². The minimum absolute atomic E-state index is 0.161. The fourth-order valence-corrected chi connectivity index (χ4v) is 2.08. The minimum Gasteiger partial charge on any atom is -0.315 e. The number of nitrogens with zero attached hydrogens (tertiary/aromatic N) is 3. The zero-order valence-electron chi connectivity index (χ0n) is 8.76. The van der Waals surface area contributed by atoms with Crippen molar-refractivity contribution < 1.29 is 4.79 Å². The molecular formula is C11H12N4O. The van der Waals surface area contributed by atoms with E-state index in [0.29, 0.717) is 13.0 Å². The highest BCUT2D eigenvalue weighted by molar-refractivity contribution is 5.86. The largest absolute Gasteiger partial charge is 0.315 e. The third-order valence-corrected chi connectivity index (χ3v) is 2.92. The molecule has 0 radical (unpaired) electrons. The Labute approximate surface area is 92.5 Å². The number of imidazole rings is 1. The van der Waals surface area contributed by atoms with Crippen molar-refractivity contribution in [3.8, 4) is 0 Å². The molecule has 1 aliphatic rings. The van der Waals surface area contributed by atoms with Crippen LogP contribution in [0.5, 0.6) is 0 Å². The summed E-state index contributed by atoms with van der Waals surface area (Å²) in [4.78, 5) is 16.1. The lowest BCUT2D eigenvalue weighted by Gasteiger charge is -2.20. The van der Waals surface area contributed by atoms with E-state index in [4.69, 9.17) is 0 Å². The number of piperidine rings is 1. The van der Waals surface area contributed by atoms with Crippen LogP contribution in [0.15, 0.2) is 24.5 Å². The molecule has 82 valence electrons. The predicted octanol–water partition coefficient (Wildman–Crippen LogP) is 0.375. The average molecular weight is 216 g/mol. The van der Waals surface area contributed by atoms with Gasteiger partial charge >= 0.3 is 0 Å². The molecule has 1 N–H and O–H groups in total. The van der Waals surface area contributed by atoms with Crippen LogP contribution in [-0.4, -0.2) is 33.5 Å². The number of hydrogen-bond donors (Lipinski definition) is 1. The second kappa shape index (κ2) is 3.68. The van der Waals surface area contributed by atoms with Crippen LogP contribution >= 0.6 is 0 Å². The van der Waals surface area contributed by atoms with E-state index in [2.05, 4.69) is 15.4 Å². The van der Waals surface area contributed by atoms with Gasteiger partial charge in [0.25, 0.3) is 0 Å². The van der Waals surface area contributed by atoms with Crippen LogP contribution < -0.4 is 5.32 Å². The summed E-state index contributed by atoms with van der Waals surface area (Å²) in [5.41, 5.74) is 0.927. The van der Waals surface area contributed by atoms with Crippen LogP contribution in [0, 0.1) is 0 Å². The Hall–Kier alpha value is -1.75. The molecule has 2 aromatic heterocycles. The molecule has 3 rings (SSSR count). The smallest absolute Gasteiger partial charge is 0.146 e. The molecule has 0 spiro atoms. The molecule has 1 fully saturated rings. The molecule has 0 amide bonds. The van der Waals surface area contributed by atoms with Crippen LogP contribution in [0.3, 0.4) is 0 Å². The molecule has 0 saturated carbocycles. The van der Waals surface area contributed by atoms with Crippen LogP contribution in [-0.2, 0) is 4.79 Å². The first kappa shape index (κ1) is 9.47. The van der Waals surface area contributed by atoms with Crippen LogP contribution in [0.25, 0.3) is 5.52 Å². The first-order valence-corrected chi connectivity index (χ1v) is 5.38. The summed E-state index contributed by atoms with van der Waals surface area (Å²) < 4.78 is 1.75. The SMILES string of the molecule is O=C1CCNCC1c1ncc2cccnn12. The minimum atomic E-state index is -0.161. The summed E-state index contributed by atoms with van der Waals surface area (Å²) in [7, 11) is 0. The van der Waals surface area contributed by atoms with E-state index in [1.54, 1.807) is 16.9 Å². The Balaban J connectivity index is 2.08. The highest BCUT2D eigenvalue weighted by atomic mass is 16.1. The van der Waals surface area contributed by atoms with E-state index in [0.717, 1.165) is 17.9 Å². The molecule has 5 nitrogen and oxygen atoms in total. The van der Waals surface area contributed by atoms with Gasteiger partial charge in [-0.15, -0.1) is 0 Å². The quantitative estimate of drug-likeness (QED) is 0.748. The standard InChI is InChI=1S/C11H12N4O/c16-10-3-5-12-7-9(10)11-13-6-8-2-1-4-14-15(8)11/h1-2,4,6,9,12H,3,5,7H2. The van der Waals surface area contributed by atoms with Crippen LogP contribution in [0.4, 0.5) is 0 Å². The number of carbonyl (C=O) groups is 1. The van der Waals surface area contributed by atoms with E-state index in [1.807, 2.05) is 12.1 Å². The van der Waals surface area contributed by atoms with Crippen molar-refractivity contribution in [2.75, 3.05) is 13.1 Å². The average Bonchev–Trinajstić information content (AvgIpc) is 2.74. The van der Waals surface area contributed by atoms with E-state index in [1.165, 1.54) is 0 Å². The molecule has 1 saturated heterocycles. The fraction of sp³-hybridized carbons (Fsp3) is 0.364. The van der Waals surface area contributed by atoms with Gasteiger partial charge in [-0.1, -0.05) is 0 Å². The Morgan fingerprint density at radius 3 is 3.31 bits per heavy atom. The van der Waals surface area contributed by atoms with Gasteiger partial charge < -0.3 is 5.32 Å². The third kappa shape index (κ3) is 1.40. The molecule has 0 aliphatic carbocycles. The molecular weight excluding hydrogens is 204 g/mol. The van der Waals surface area contributed by atoms with Gasteiger partial charge in [0, 0.05) is 25.7 Å². The molecule has 1 unspecified atom stereocenters. The summed E-state index contributed by atoms with van der Waals surface area (Å²) in [5.74, 6) is 0.829. The van der Waals surface area contributed by atoms with Crippen molar-refractivity contribution in [1.29, 1.82) is 0 Å². The number of fused-ring (bicyclic) bond motifs is 1. The Bertz CT molecular complexity index is 534. The molecule has 16 heavy (non-hydrogen) atoms. The van der Waals surface area contributed by atoms with Gasteiger partial charge in [0.1, 0.15) is 11.6 Å². The van der Waals surface area contributed by atoms with Crippen molar-refractivity contribution in [1.82, 2.24) is 19.9 Å². The van der Waals surface area contributed by atoms with Crippen molar-refractivity contribution in [2.45, 2.75) is 12.3 Å². The van der Waals surface area contributed by atoms with Crippen LogP contribution in [0.2, 0.25) is 0 Å². The topological polar surface area (TPSA) is 59.3 Å². The summed E-state index contributed by atoms with van der Waals surface area (Å²) in [6, 6.07) is 3.80. The molecule has 1 atom stereocenters. The second-order valence-electron chi connectivity index (χ2n) is 3.95. The highest BCUT2D eigenvalue weighted by Crippen LogP contribution is 2.19. The predicted molar refractivity (Wildman–Crippen MR) is 58.2 cm³/mol. The zero-order chi connectivity index (χ0) is 11.0. The van der Waals surface area contributed by atoms with Crippen molar-refractivity contribution >= 4 is 11.3 Å². The number of rotatable bonds is 1. The monoisotopic (exact) mass is 216 g/mol. The number of aromatic nitrogens is 3. The van der Waals surface area contributed by atoms with E-state index in [-0.39, 0.29) is 11.7 Å². The van der Waals surface area contributed by atoms with Crippen molar-refractivity contribution in [2.24, 2.45) is 0 Å². The first-order valence-electron chi connectivity index (χ1n) is 5.38. The van der Waals surface area contributed by atoms with Crippen molar-refractivity contribution in [3.63, 3.8) is 0 Å². The van der Waals surface area contributed by atoms with Gasteiger partial charge in [0.05, 0.1) is 17.6 Å². The Morgan fingerprint density at radius 2 is 2.44 bits per heavy atom. The van der Waals surface area contributed by atoms with Crippen molar-refractivity contribution in [3.05, 3.63) is 30.4 Å². The number of ketones is 1. The normalized spacial score (nSPS) is 21.5. The van der Waals surface area contributed by atoms with E-state index < -0.39 is 0 Å². The highest BCUT2D eigenvalue weighted by Gasteiger charge is 2.27. The summed E-state index contributed by atoms with van der Waals surface area (Å²) in [5, 5.41) is 7.44.